The van der Waals surface area contributed by atoms with Crippen LogP contribution in [0.4, 0.5) is 4.79 Å². The maximum Gasteiger partial charge on any atom is 0.321 e. The first-order valence-electron chi connectivity index (χ1n) is 10.7. The molecule has 2 N–H and O–H groups in total. The van der Waals surface area contributed by atoms with Crippen LogP contribution < -0.4 is 20.9 Å². The van der Waals surface area contributed by atoms with Crippen LogP contribution in [0.2, 0.25) is 0 Å². The van der Waals surface area contributed by atoms with Gasteiger partial charge in [0.25, 0.3) is 5.56 Å². The van der Waals surface area contributed by atoms with E-state index in [-0.39, 0.29) is 12.1 Å². The van der Waals surface area contributed by atoms with Crippen molar-refractivity contribution in [2.75, 3.05) is 13.7 Å². The average Bonchev–Trinajstić information content (AvgIpc) is 3.25. The Balaban J connectivity index is 1.78. The number of imide groups is 1. The van der Waals surface area contributed by atoms with Crippen LogP contribution in [-0.4, -0.2) is 50.0 Å². The summed E-state index contributed by atoms with van der Waals surface area (Å²) >= 11 is 1.15. The first kappa shape index (κ1) is 23.3. The number of rotatable bonds is 7. The molecule has 4 aromatic rings. The molecule has 34 heavy (non-hydrogen) atoms. The first-order valence-corrected chi connectivity index (χ1v) is 11.6. The molecule has 2 heterocycles. The van der Waals surface area contributed by atoms with Gasteiger partial charge in [0, 0.05) is 12.1 Å². The Morgan fingerprint density at radius 2 is 1.85 bits per heavy atom. The number of nitrogens with zero attached hydrogens (tertiary/aromatic N) is 4. The normalized spacial score (nSPS) is 12.0. The molecule has 0 radical (unpaired) electrons. The van der Waals surface area contributed by atoms with Gasteiger partial charge in [0.15, 0.2) is 5.16 Å². The van der Waals surface area contributed by atoms with Crippen molar-refractivity contribution in [2.45, 2.75) is 30.8 Å². The number of urea groups is 1. The van der Waals surface area contributed by atoms with Gasteiger partial charge in [-0.05, 0) is 32.0 Å². The van der Waals surface area contributed by atoms with Crippen LogP contribution in [0.3, 0.4) is 0 Å². The van der Waals surface area contributed by atoms with Gasteiger partial charge < -0.3 is 10.1 Å². The lowest BCUT2D eigenvalue weighted by atomic mass is 10.2. The monoisotopic (exact) mass is 480 g/mol. The van der Waals surface area contributed by atoms with E-state index in [4.69, 9.17) is 4.74 Å². The molecule has 0 fully saturated rings. The SMILES string of the molecule is CCNC(=O)NC(=O)C(C)Sc1nnc2n(Cc3ccccc3OC)c(=O)c3ccccc3n12. The summed E-state index contributed by atoms with van der Waals surface area (Å²) in [7, 11) is 1.58. The number of nitrogens with one attached hydrogen (secondary N) is 2. The number of benzene rings is 2. The minimum atomic E-state index is -0.636. The maximum atomic E-state index is 13.4. The number of thioether (sulfide) groups is 1. The molecule has 0 aliphatic heterocycles. The summed E-state index contributed by atoms with van der Waals surface area (Å²) in [4.78, 5) is 37.6. The fourth-order valence-corrected chi connectivity index (χ4v) is 4.44. The molecular formula is C23H24N6O4S. The van der Waals surface area contributed by atoms with Gasteiger partial charge in [0.1, 0.15) is 5.75 Å². The van der Waals surface area contributed by atoms with Crippen molar-refractivity contribution in [3.8, 4) is 5.75 Å². The summed E-state index contributed by atoms with van der Waals surface area (Å²) in [5.74, 6) is 0.540. The van der Waals surface area contributed by atoms with E-state index in [0.29, 0.717) is 34.1 Å². The van der Waals surface area contributed by atoms with Crippen molar-refractivity contribution in [3.63, 3.8) is 0 Å². The van der Waals surface area contributed by atoms with Gasteiger partial charge in [-0.15, -0.1) is 10.2 Å². The van der Waals surface area contributed by atoms with Gasteiger partial charge in [-0.25, -0.2) is 4.79 Å². The second-order valence-corrected chi connectivity index (χ2v) is 8.76. The van der Waals surface area contributed by atoms with Crippen molar-refractivity contribution < 1.29 is 14.3 Å². The standard InChI is InChI=1S/C23H24N6O4S/c1-4-24-21(32)25-19(30)14(2)34-23-27-26-22-28(13-15-9-5-8-12-18(15)33-3)20(31)16-10-6-7-11-17(16)29(22)23/h5-12,14H,4,13H2,1-3H3,(H2,24,25,30,32). The molecule has 176 valence electrons. The fraction of sp³-hybridized carbons (Fsp3) is 0.261. The van der Waals surface area contributed by atoms with Crippen LogP contribution in [0.5, 0.6) is 5.75 Å². The number of aromatic nitrogens is 4. The number of ether oxygens (including phenoxy) is 1. The zero-order chi connectivity index (χ0) is 24.2. The number of carbonyl (C=O) groups excluding carboxylic acids is 2. The highest BCUT2D eigenvalue weighted by Crippen LogP contribution is 2.26. The molecule has 0 saturated carbocycles. The van der Waals surface area contributed by atoms with E-state index in [2.05, 4.69) is 20.8 Å². The lowest BCUT2D eigenvalue weighted by Gasteiger charge is -2.14. The van der Waals surface area contributed by atoms with Gasteiger partial charge in [0.05, 0.1) is 29.8 Å². The van der Waals surface area contributed by atoms with Gasteiger partial charge in [-0.2, -0.15) is 0 Å². The van der Waals surface area contributed by atoms with Gasteiger partial charge >= 0.3 is 6.03 Å². The predicted octanol–water partition coefficient (Wildman–Crippen LogP) is 2.43. The lowest BCUT2D eigenvalue weighted by molar-refractivity contribution is -0.119. The Bertz CT molecular complexity index is 1430. The largest absolute Gasteiger partial charge is 0.496 e. The third-order valence-corrected chi connectivity index (χ3v) is 6.27. The van der Waals surface area contributed by atoms with Crippen molar-refractivity contribution in [2.24, 2.45) is 0 Å². The van der Waals surface area contributed by atoms with Crippen molar-refractivity contribution in [1.82, 2.24) is 29.8 Å². The van der Waals surface area contributed by atoms with E-state index >= 15 is 0 Å². The highest BCUT2D eigenvalue weighted by atomic mass is 32.2. The Labute approximate surface area is 199 Å². The van der Waals surface area contributed by atoms with Crippen molar-refractivity contribution in [1.29, 1.82) is 0 Å². The number of hydrogen-bond donors (Lipinski definition) is 2. The first-order chi connectivity index (χ1) is 16.4. The predicted molar refractivity (Wildman–Crippen MR) is 129 cm³/mol. The topological polar surface area (TPSA) is 120 Å². The second-order valence-electron chi connectivity index (χ2n) is 7.45. The Hall–Kier alpha value is -3.86. The average molecular weight is 481 g/mol. The van der Waals surface area contributed by atoms with Crippen LogP contribution in [0.15, 0.2) is 58.5 Å². The van der Waals surface area contributed by atoms with E-state index in [1.807, 2.05) is 36.4 Å². The van der Waals surface area contributed by atoms with Crippen molar-refractivity contribution >= 4 is 40.4 Å². The number of methoxy groups -OCH3 is 1. The highest BCUT2D eigenvalue weighted by molar-refractivity contribution is 8.00. The van der Waals surface area contributed by atoms with Crippen LogP contribution in [0.25, 0.3) is 16.7 Å². The molecule has 0 saturated heterocycles. The van der Waals surface area contributed by atoms with Crippen LogP contribution in [0.1, 0.15) is 19.4 Å². The fourth-order valence-electron chi connectivity index (χ4n) is 3.59. The zero-order valence-corrected chi connectivity index (χ0v) is 19.8. The van der Waals surface area contributed by atoms with E-state index < -0.39 is 17.2 Å². The number of para-hydroxylation sites is 2. The quantitative estimate of drug-likeness (QED) is 0.390. The molecule has 3 amide bonds. The summed E-state index contributed by atoms with van der Waals surface area (Å²) in [6.07, 6.45) is 0. The number of amides is 3. The van der Waals surface area contributed by atoms with E-state index in [9.17, 15) is 14.4 Å². The van der Waals surface area contributed by atoms with Crippen LogP contribution in [-0.2, 0) is 11.3 Å². The maximum absolute atomic E-state index is 13.4. The molecule has 2 aromatic carbocycles. The summed E-state index contributed by atoms with van der Waals surface area (Å²) in [6.45, 7) is 4.08. The third kappa shape index (κ3) is 4.46. The number of carbonyl (C=O) groups is 2. The number of fused-ring (bicyclic) bond motifs is 3. The Morgan fingerprint density at radius 1 is 1.12 bits per heavy atom. The Kier molecular flexibility index (Phi) is 6.82. The minimum absolute atomic E-state index is 0.208. The molecule has 10 nitrogen and oxygen atoms in total. The second kappa shape index (κ2) is 9.96. The zero-order valence-electron chi connectivity index (χ0n) is 18.9. The molecule has 0 aliphatic carbocycles. The molecule has 4 rings (SSSR count). The smallest absolute Gasteiger partial charge is 0.321 e. The van der Waals surface area contributed by atoms with Gasteiger partial charge in [-0.1, -0.05) is 42.1 Å². The Morgan fingerprint density at radius 3 is 2.62 bits per heavy atom. The minimum Gasteiger partial charge on any atom is -0.496 e. The third-order valence-electron chi connectivity index (χ3n) is 5.22. The molecule has 0 spiro atoms. The van der Waals surface area contributed by atoms with Crippen LogP contribution >= 0.6 is 11.8 Å². The summed E-state index contributed by atoms with van der Waals surface area (Å²) in [5, 5.41) is 13.7. The van der Waals surface area contributed by atoms with Gasteiger partial charge in [-0.3, -0.25) is 23.9 Å². The van der Waals surface area contributed by atoms with E-state index in [1.165, 1.54) is 4.57 Å². The summed E-state index contributed by atoms with van der Waals surface area (Å²) in [5.41, 5.74) is 1.23. The molecule has 11 heteroatoms. The summed E-state index contributed by atoms with van der Waals surface area (Å²) in [6, 6.07) is 14.1. The summed E-state index contributed by atoms with van der Waals surface area (Å²) < 4.78 is 8.75. The van der Waals surface area contributed by atoms with Crippen LogP contribution in [0, 0.1) is 0 Å². The van der Waals surface area contributed by atoms with E-state index in [1.54, 1.807) is 37.5 Å². The molecule has 1 unspecified atom stereocenters. The molecule has 0 bridgehead atoms. The highest BCUT2D eigenvalue weighted by Gasteiger charge is 2.23. The molecule has 1 atom stereocenters. The lowest BCUT2D eigenvalue weighted by Crippen LogP contribution is -2.42. The van der Waals surface area contributed by atoms with E-state index in [0.717, 1.165) is 17.3 Å². The molecule has 2 aromatic heterocycles. The molecule has 0 aliphatic rings. The number of hydrogen-bond acceptors (Lipinski definition) is 7. The molecular weight excluding hydrogens is 456 g/mol. The van der Waals surface area contributed by atoms with Gasteiger partial charge in [0.2, 0.25) is 11.7 Å². The van der Waals surface area contributed by atoms with Crippen molar-refractivity contribution in [3.05, 3.63) is 64.4 Å².